The topological polar surface area (TPSA) is 127 Å². The van der Waals surface area contributed by atoms with E-state index < -0.39 is 23.6 Å². The lowest BCUT2D eigenvalue weighted by Crippen LogP contribution is -2.32. The first-order valence-corrected chi connectivity index (χ1v) is 13.8. The van der Waals surface area contributed by atoms with Crippen LogP contribution in [0.4, 0.5) is 5.69 Å². The Hall–Kier alpha value is -3.46. The summed E-state index contributed by atoms with van der Waals surface area (Å²) in [7, 11) is 0. The van der Waals surface area contributed by atoms with Gasteiger partial charge in [-0.05, 0) is 49.3 Å². The van der Waals surface area contributed by atoms with Gasteiger partial charge in [0, 0.05) is 47.9 Å². The molecule has 1 aromatic carbocycles. The number of amidine groups is 1. The molecule has 1 aromatic heterocycles. The zero-order valence-corrected chi connectivity index (χ0v) is 23.2. The number of aromatic nitrogens is 1. The normalized spacial score (nSPS) is 19.8. The van der Waals surface area contributed by atoms with Crippen molar-refractivity contribution in [2.24, 2.45) is 0 Å². The van der Waals surface area contributed by atoms with Gasteiger partial charge in [-0.3, -0.25) is 10.2 Å². The number of hydrogen-bond donors (Lipinski definition) is 3. The minimum absolute atomic E-state index is 0.0342. The maximum absolute atomic E-state index is 13.7. The van der Waals surface area contributed by atoms with Gasteiger partial charge in [-0.2, -0.15) is 0 Å². The third-order valence-electron chi connectivity index (χ3n) is 7.84. The van der Waals surface area contributed by atoms with Gasteiger partial charge in [0.25, 0.3) is 0 Å². The zero-order valence-electron chi connectivity index (χ0n) is 23.2. The highest BCUT2D eigenvalue weighted by Crippen LogP contribution is 2.43. The van der Waals surface area contributed by atoms with E-state index in [1.165, 1.54) is 0 Å². The summed E-state index contributed by atoms with van der Waals surface area (Å²) in [5.41, 5.74) is 4.04. The average molecular weight is 535 g/mol. The Balaban J connectivity index is 1.48. The largest absolute Gasteiger partial charge is 0.479 e. The molecule has 208 valence electrons. The number of nitrogens with one attached hydrogen (secondary N) is 1. The van der Waals surface area contributed by atoms with Crippen LogP contribution in [0.2, 0.25) is 0 Å². The van der Waals surface area contributed by atoms with Crippen LogP contribution >= 0.6 is 0 Å². The fraction of sp³-hybridized carbons (Fsp3) is 0.533. The number of pyridine rings is 1. The number of nitrogens with zero attached hydrogens (tertiary/aromatic N) is 3. The molecule has 3 N–H and O–H groups in total. The van der Waals surface area contributed by atoms with Crippen LogP contribution in [0.15, 0.2) is 24.3 Å². The second-order valence-electron chi connectivity index (χ2n) is 12.0. The lowest BCUT2D eigenvalue weighted by Gasteiger charge is -2.31. The molecule has 0 bridgehead atoms. The number of Topliss-reactive ketones (excluding diaryl/α,β-unsaturated/α-hetero) is 1. The van der Waals surface area contributed by atoms with Crippen molar-refractivity contribution in [3.05, 3.63) is 52.3 Å². The van der Waals surface area contributed by atoms with Gasteiger partial charge in [0.1, 0.15) is 17.3 Å². The first-order valence-electron chi connectivity index (χ1n) is 13.8. The van der Waals surface area contributed by atoms with Crippen molar-refractivity contribution in [2.75, 3.05) is 24.5 Å². The minimum atomic E-state index is -1.05. The monoisotopic (exact) mass is 534 g/mol. The second-order valence-corrected chi connectivity index (χ2v) is 12.0. The van der Waals surface area contributed by atoms with E-state index in [9.17, 15) is 19.8 Å². The zero-order chi connectivity index (χ0) is 28.1. The Labute approximate surface area is 229 Å². The molecule has 3 aliphatic rings. The number of aliphatic hydroxyl groups excluding tert-OH is 1. The molecule has 0 radical (unpaired) electrons. The summed E-state index contributed by atoms with van der Waals surface area (Å²) in [6.45, 7) is 9.22. The summed E-state index contributed by atoms with van der Waals surface area (Å²) in [5.74, 6) is 0.0209. The number of carboxylic acid groups (broad SMARTS) is 1. The molecule has 3 heterocycles. The van der Waals surface area contributed by atoms with Crippen LogP contribution in [0.1, 0.15) is 92.2 Å². The number of aliphatic hydroxyl groups is 1. The van der Waals surface area contributed by atoms with Gasteiger partial charge in [0.05, 0.1) is 18.3 Å². The molecule has 9 nitrogen and oxygen atoms in total. The lowest BCUT2D eigenvalue weighted by molar-refractivity contribution is -0.145. The molecule has 2 fully saturated rings. The minimum Gasteiger partial charge on any atom is -0.479 e. The smallest absolute Gasteiger partial charge is 0.344 e. The number of rotatable bonds is 9. The van der Waals surface area contributed by atoms with E-state index in [0.717, 1.165) is 29.7 Å². The van der Waals surface area contributed by atoms with E-state index in [-0.39, 0.29) is 24.6 Å². The van der Waals surface area contributed by atoms with Crippen LogP contribution in [0.3, 0.4) is 0 Å². The predicted octanol–water partition coefficient (Wildman–Crippen LogP) is 4.09. The Bertz CT molecular complexity index is 1310. The van der Waals surface area contributed by atoms with Crippen LogP contribution in [0.5, 0.6) is 5.75 Å². The fourth-order valence-corrected chi connectivity index (χ4v) is 5.38. The van der Waals surface area contributed by atoms with Crippen molar-refractivity contribution in [2.45, 2.75) is 83.5 Å². The first kappa shape index (κ1) is 27.1. The third-order valence-corrected chi connectivity index (χ3v) is 7.84. The van der Waals surface area contributed by atoms with E-state index in [4.69, 9.17) is 15.1 Å². The van der Waals surface area contributed by atoms with Crippen LogP contribution < -0.4 is 9.64 Å². The van der Waals surface area contributed by atoms with Gasteiger partial charge in [-0.15, -0.1) is 0 Å². The number of ketones is 1. The number of fused-ring (bicyclic) bond motifs is 1. The third kappa shape index (κ3) is 5.50. The van der Waals surface area contributed by atoms with E-state index in [2.05, 4.69) is 0 Å². The van der Waals surface area contributed by atoms with E-state index in [1.54, 1.807) is 24.0 Å². The summed E-state index contributed by atoms with van der Waals surface area (Å²) in [6.07, 6.45) is 1.61. The Morgan fingerprint density at radius 3 is 2.54 bits per heavy atom. The molecule has 1 saturated heterocycles. The molecule has 0 spiro atoms. The first-order chi connectivity index (χ1) is 18.5. The molecule has 0 amide bonds. The Morgan fingerprint density at radius 2 is 1.95 bits per heavy atom. The van der Waals surface area contributed by atoms with Gasteiger partial charge in [-0.25, -0.2) is 9.78 Å². The Kier molecular flexibility index (Phi) is 7.13. The molecule has 2 unspecified atom stereocenters. The molecule has 1 aliphatic carbocycles. The van der Waals surface area contributed by atoms with Gasteiger partial charge >= 0.3 is 5.97 Å². The van der Waals surface area contributed by atoms with E-state index >= 15 is 0 Å². The lowest BCUT2D eigenvalue weighted by atomic mass is 9.84. The molecule has 2 aromatic rings. The van der Waals surface area contributed by atoms with Crippen molar-refractivity contribution < 1.29 is 24.5 Å². The van der Waals surface area contributed by atoms with Crippen molar-refractivity contribution in [1.29, 1.82) is 5.41 Å². The summed E-state index contributed by atoms with van der Waals surface area (Å²) >= 11 is 0. The molecule has 1 saturated carbocycles. The molecule has 9 heteroatoms. The number of carbonyl (C=O) groups is 2. The van der Waals surface area contributed by atoms with Crippen LogP contribution in [-0.4, -0.2) is 69.5 Å². The van der Waals surface area contributed by atoms with E-state index in [0.29, 0.717) is 54.7 Å². The number of β-amino-alcohol motifs (C(OH)–C–C–N with tert-alkyl or cyclic N) is 1. The quantitative estimate of drug-likeness (QED) is 0.411. The van der Waals surface area contributed by atoms with Crippen molar-refractivity contribution in [1.82, 2.24) is 9.88 Å². The fourth-order valence-electron chi connectivity index (χ4n) is 5.38. The highest BCUT2D eigenvalue weighted by atomic mass is 16.5. The second kappa shape index (κ2) is 10.3. The van der Waals surface area contributed by atoms with Crippen LogP contribution in [0.25, 0.3) is 0 Å². The highest BCUT2D eigenvalue weighted by Gasteiger charge is 2.34. The number of carbonyl (C=O) groups excluding carboxylic acids is 1. The van der Waals surface area contributed by atoms with Crippen LogP contribution in [0, 0.1) is 5.41 Å². The number of hydrogen-bond acceptors (Lipinski definition) is 7. The summed E-state index contributed by atoms with van der Waals surface area (Å²) in [6, 6.07) is 7.64. The summed E-state index contributed by atoms with van der Waals surface area (Å²) in [5, 5.41) is 28.7. The number of ether oxygens (including phenoxy) is 1. The van der Waals surface area contributed by atoms with Crippen molar-refractivity contribution in [3.63, 3.8) is 0 Å². The molecular formula is C30H38N4O5. The van der Waals surface area contributed by atoms with Gasteiger partial charge in [0.15, 0.2) is 11.9 Å². The Morgan fingerprint density at radius 1 is 1.21 bits per heavy atom. The average Bonchev–Trinajstić information content (AvgIpc) is 3.58. The van der Waals surface area contributed by atoms with E-state index in [1.807, 2.05) is 37.8 Å². The van der Waals surface area contributed by atoms with Gasteiger partial charge in [0.2, 0.25) is 0 Å². The molecule has 5 rings (SSSR count). The van der Waals surface area contributed by atoms with Crippen molar-refractivity contribution >= 4 is 23.3 Å². The summed E-state index contributed by atoms with van der Waals surface area (Å²) in [4.78, 5) is 34.1. The number of benzene rings is 1. The standard InChI is InChI=1S/C30H38N4O5/c1-5-25(29(37)38)39-27-21(30(2,3)4)12-19(13-23(27)33-11-10-20(35)15-33)24(36)16-34-14-18-8-9-22(17-6-7-17)32-26(18)28(34)31/h8-9,12-13,17,20,25,31,35H,5-7,10-11,14-16H2,1-4H3,(H,37,38). The number of anilines is 1. The number of carboxylic acids is 1. The predicted molar refractivity (Wildman–Crippen MR) is 148 cm³/mol. The van der Waals surface area contributed by atoms with Gasteiger partial charge < -0.3 is 24.7 Å². The molecular weight excluding hydrogens is 496 g/mol. The highest BCUT2D eigenvalue weighted by molar-refractivity contribution is 6.05. The maximum Gasteiger partial charge on any atom is 0.344 e. The van der Waals surface area contributed by atoms with Gasteiger partial charge in [-0.1, -0.05) is 33.8 Å². The van der Waals surface area contributed by atoms with Crippen LogP contribution in [-0.2, 0) is 16.8 Å². The molecule has 39 heavy (non-hydrogen) atoms. The molecule has 2 aliphatic heterocycles. The molecule has 2 atom stereocenters. The summed E-state index contributed by atoms with van der Waals surface area (Å²) < 4.78 is 6.14. The maximum atomic E-state index is 13.7. The number of aliphatic carboxylic acids is 1. The SMILES string of the molecule is CCC(Oc1c(N2CCC(O)C2)cc(C(=O)CN2Cc3ccc(C4CC4)nc3C2=N)cc1C(C)(C)C)C(=O)O. The van der Waals surface area contributed by atoms with Crippen molar-refractivity contribution in [3.8, 4) is 5.75 Å².